The second-order valence-corrected chi connectivity index (χ2v) is 8.39. The van der Waals surface area contributed by atoms with Crippen LogP contribution in [0.1, 0.15) is 116 Å². The minimum absolute atomic E-state index is 0.691. The standard InChI is InChI=1S/C23H49N2O/c1-4-5-6-7-8-9-10-11-12-13-14-15-16-17-18-19-22-25(26)23-20-21-24(2)3/h4-23H2,1-3H3/q-1. The van der Waals surface area contributed by atoms with Crippen molar-refractivity contribution in [3.8, 4) is 0 Å². The van der Waals surface area contributed by atoms with Crippen LogP contribution in [0.4, 0.5) is 0 Å². The van der Waals surface area contributed by atoms with E-state index >= 15 is 0 Å². The topological polar surface area (TPSA) is 29.5 Å². The molecule has 0 amide bonds. The van der Waals surface area contributed by atoms with E-state index in [4.69, 9.17) is 0 Å². The fourth-order valence-corrected chi connectivity index (χ4v) is 3.51. The second-order valence-electron chi connectivity index (χ2n) is 8.39. The third-order valence-electron chi connectivity index (χ3n) is 5.27. The van der Waals surface area contributed by atoms with Crippen molar-refractivity contribution >= 4 is 0 Å². The number of hydroxylamine groups is 2. The van der Waals surface area contributed by atoms with E-state index < -0.39 is 0 Å². The highest BCUT2D eigenvalue weighted by Crippen LogP contribution is 2.13. The Morgan fingerprint density at radius 1 is 0.462 bits per heavy atom. The SMILES string of the molecule is CCCCCCCCCCCCCCCCCCN([O-])CCCN(C)C. The third kappa shape index (κ3) is 21.9. The van der Waals surface area contributed by atoms with Gasteiger partial charge in [-0.25, -0.2) is 0 Å². The van der Waals surface area contributed by atoms with Crippen LogP contribution >= 0.6 is 0 Å². The van der Waals surface area contributed by atoms with Gasteiger partial charge in [0.1, 0.15) is 0 Å². The van der Waals surface area contributed by atoms with E-state index in [9.17, 15) is 5.21 Å². The molecule has 0 fully saturated rings. The molecule has 0 saturated heterocycles. The van der Waals surface area contributed by atoms with Crippen LogP contribution in [0, 0.1) is 5.21 Å². The molecule has 0 aromatic carbocycles. The van der Waals surface area contributed by atoms with Crippen molar-refractivity contribution in [3.05, 3.63) is 5.21 Å². The molecule has 0 aliphatic heterocycles. The van der Waals surface area contributed by atoms with Crippen molar-refractivity contribution in [3.63, 3.8) is 0 Å². The maximum absolute atomic E-state index is 11.7. The predicted octanol–water partition coefficient (Wildman–Crippen LogP) is 7.00. The van der Waals surface area contributed by atoms with Crippen molar-refractivity contribution in [2.75, 3.05) is 33.7 Å². The maximum atomic E-state index is 11.7. The van der Waals surface area contributed by atoms with Gasteiger partial charge in [0.15, 0.2) is 0 Å². The summed E-state index contributed by atoms with van der Waals surface area (Å²) in [6, 6.07) is 0. The van der Waals surface area contributed by atoms with Crippen LogP contribution in [0.25, 0.3) is 0 Å². The molecule has 26 heavy (non-hydrogen) atoms. The molecule has 0 atom stereocenters. The zero-order chi connectivity index (χ0) is 19.3. The summed E-state index contributed by atoms with van der Waals surface area (Å²) >= 11 is 0. The number of hydrogen-bond acceptors (Lipinski definition) is 3. The van der Waals surface area contributed by atoms with Gasteiger partial charge in [0.05, 0.1) is 0 Å². The monoisotopic (exact) mass is 369 g/mol. The highest BCUT2D eigenvalue weighted by Gasteiger charge is 1.96. The molecule has 0 saturated carbocycles. The van der Waals surface area contributed by atoms with E-state index in [0.717, 1.165) is 25.9 Å². The normalized spacial score (nSPS) is 11.8. The average Bonchev–Trinajstić information content (AvgIpc) is 2.61. The van der Waals surface area contributed by atoms with Gasteiger partial charge in [0.25, 0.3) is 0 Å². The average molecular weight is 370 g/mol. The molecule has 3 nitrogen and oxygen atoms in total. The molecule has 0 spiro atoms. The summed E-state index contributed by atoms with van der Waals surface area (Å²) in [4.78, 5) is 2.14. The zero-order valence-electron chi connectivity index (χ0n) is 18.4. The fraction of sp³-hybridized carbons (Fsp3) is 1.00. The van der Waals surface area contributed by atoms with E-state index in [-0.39, 0.29) is 0 Å². The molecule has 0 unspecified atom stereocenters. The molecule has 0 aliphatic carbocycles. The summed E-state index contributed by atoms with van der Waals surface area (Å²) in [7, 11) is 4.12. The molecular formula is C23H49N2O-. The van der Waals surface area contributed by atoms with Crippen LogP contribution in [0.15, 0.2) is 0 Å². The molecule has 0 rings (SSSR count). The molecule has 0 radical (unpaired) electrons. The Morgan fingerprint density at radius 3 is 1.19 bits per heavy atom. The number of nitrogens with zero attached hydrogens (tertiary/aromatic N) is 2. The van der Waals surface area contributed by atoms with Gasteiger partial charge in [0, 0.05) is 0 Å². The Hall–Kier alpha value is -0.120. The first-order chi connectivity index (χ1) is 12.7. The summed E-state index contributed by atoms with van der Waals surface area (Å²) in [5.74, 6) is 0. The lowest BCUT2D eigenvalue weighted by Gasteiger charge is -2.28. The van der Waals surface area contributed by atoms with Gasteiger partial charge in [-0.05, 0) is 46.6 Å². The van der Waals surface area contributed by atoms with E-state index in [2.05, 4.69) is 25.9 Å². The van der Waals surface area contributed by atoms with Gasteiger partial charge in [-0.1, -0.05) is 103 Å². The Balaban J connectivity index is 3.09. The van der Waals surface area contributed by atoms with E-state index in [0.29, 0.717) is 6.54 Å². The fourth-order valence-electron chi connectivity index (χ4n) is 3.51. The van der Waals surface area contributed by atoms with Crippen LogP contribution in [0.3, 0.4) is 0 Å². The minimum Gasteiger partial charge on any atom is -0.785 e. The van der Waals surface area contributed by atoms with Crippen LogP contribution in [-0.4, -0.2) is 43.7 Å². The lowest BCUT2D eigenvalue weighted by Crippen LogP contribution is -2.23. The molecule has 0 bridgehead atoms. The molecular weight excluding hydrogens is 320 g/mol. The molecule has 158 valence electrons. The first kappa shape index (κ1) is 25.9. The lowest BCUT2D eigenvalue weighted by atomic mass is 10.0. The Labute approximate surface area is 165 Å². The van der Waals surface area contributed by atoms with Crippen LogP contribution in [-0.2, 0) is 0 Å². The van der Waals surface area contributed by atoms with Crippen molar-refractivity contribution in [1.82, 2.24) is 9.96 Å². The number of rotatable bonds is 21. The van der Waals surface area contributed by atoms with Crippen molar-refractivity contribution in [1.29, 1.82) is 0 Å². The third-order valence-corrected chi connectivity index (χ3v) is 5.27. The molecule has 0 aromatic heterocycles. The zero-order valence-corrected chi connectivity index (χ0v) is 18.4. The highest BCUT2D eigenvalue weighted by molar-refractivity contribution is 4.59. The van der Waals surface area contributed by atoms with Gasteiger partial charge < -0.3 is 15.2 Å². The Bertz CT molecular complexity index is 259. The lowest BCUT2D eigenvalue weighted by molar-refractivity contribution is 0.321. The predicted molar refractivity (Wildman–Crippen MR) is 118 cm³/mol. The first-order valence-corrected chi connectivity index (χ1v) is 11.7. The first-order valence-electron chi connectivity index (χ1n) is 11.7. The Kier molecular flexibility index (Phi) is 21.1. The summed E-state index contributed by atoms with van der Waals surface area (Å²) in [5.41, 5.74) is 0. The van der Waals surface area contributed by atoms with Gasteiger partial charge in [-0.2, -0.15) is 0 Å². The summed E-state index contributed by atoms with van der Waals surface area (Å²) in [6.45, 7) is 4.72. The number of hydrogen-bond donors (Lipinski definition) is 0. The molecule has 3 heteroatoms. The molecule has 0 N–H and O–H groups in total. The largest absolute Gasteiger partial charge is 0.785 e. The van der Waals surface area contributed by atoms with E-state index in [1.165, 1.54) is 101 Å². The van der Waals surface area contributed by atoms with Gasteiger partial charge in [-0.3, -0.25) is 0 Å². The summed E-state index contributed by atoms with van der Waals surface area (Å²) < 4.78 is 0. The highest BCUT2D eigenvalue weighted by atomic mass is 16.5. The minimum atomic E-state index is 0.691. The van der Waals surface area contributed by atoms with Crippen molar-refractivity contribution in [2.45, 2.75) is 116 Å². The summed E-state index contributed by atoms with van der Waals surface area (Å²) in [5, 5.41) is 12.9. The quantitative estimate of drug-likeness (QED) is 0.161. The van der Waals surface area contributed by atoms with Crippen LogP contribution in [0.2, 0.25) is 0 Å². The van der Waals surface area contributed by atoms with E-state index in [1.807, 2.05) is 0 Å². The maximum Gasteiger partial charge on any atom is -0.00130 e. The smallest absolute Gasteiger partial charge is 0.00130 e. The van der Waals surface area contributed by atoms with Crippen LogP contribution < -0.4 is 0 Å². The van der Waals surface area contributed by atoms with Crippen molar-refractivity contribution < 1.29 is 0 Å². The van der Waals surface area contributed by atoms with Gasteiger partial charge >= 0.3 is 0 Å². The van der Waals surface area contributed by atoms with Gasteiger partial charge in [-0.15, -0.1) is 0 Å². The molecule has 0 heterocycles. The molecule has 0 aromatic rings. The van der Waals surface area contributed by atoms with Crippen LogP contribution in [0.5, 0.6) is 0 Å². The second kappa shape index (κ2) is 21.2. The van der Waals surface area contributed by atoms with Gasteiger partial charge in [0.2, 0.25) is 0 Å². The van der Waals surface area contributed by atoms with E-state index in [1.54, 1.807) is 0 Å². The number of unbranched alkanes of at least 4 members (excludes halogenated alkanes) is 15. The van der Waals surface area contributed by atoms with Crippen molar-refractivity contribution in [2.24, 2.45) is 0 Å². The Morgan fingerprint density at radius 2 is 0.808 bits per heavy atom. The molecule has 0 aliphatic rings. The summed E-state index contributed by atoms with van der Waals surface area (Å²) in [6.07, 6.45) is 23.1.